The highest BCUT2D eigenvalue weighted by Gasteiger charge is 2.31. The average molecular weight is 335 g/mol. The lowest BCUT2D eigenvalue weighted by Crippen LogP contribution is -2.36. The number of benzene rings is 2. The molecule has 0 aromatic heterocycles. The zero-order valence-electron chi connectivity index (χ0n) is 13.3. The summed E-state index contributed by atoms with van der Waals surface area (Å²) in [4.78, 5) is 14.3. The zero-order chi connectivity index (χ0) is 15.5. The lowest BCUT2D eigenvalue weighted by Gasteiger charge is -2.22. The Kier molecular flexibility index (Phi) is 5.99. The number of hydrogen-bond donors (Lipinski definition) is 1. The summed E-state index contributed by atoms with van der Waals surface area (Å²) in [6.45, 7) is 1.07. The first-order chi connectivity index (χ1) is 10.7. The molecule has 2 aromatic rings. The number of halogens is 1. The highest BCUT2D eigenvalue weighted by atomic mass is 35.5. The van der Waals surface area contributed by atoms with Crippen molar-refractivity contribution in [2.45, 2.75) is 31.6 Å². The summed E-state index contributed by atoms with van der Waals surface area (Å²) in [6.07, 6.45) is 1.32. The van der Waals surface area contributed by atoms with Gasteiger partial charge >= 0.3 is 0 Å². The van der Waals surface area contributed by atoms with Crippen LogP contribution in [-0.2, 0) is 16.1 Å². The summed E-state index contributed by atoms with van der Waals surface area (Å²) < 4.78 is 5.70. The molecule has 2 aromatic carbocycles. The minimum atomic E-state index is -0.339. The van der Waals surface area contributed by atoms with Gasteiger partial charge in [0.25, 0.3) is 5.91 Å². The molecule has 2 N–H and O–H groups in total. The van der Waals surface area contributed by atoms with Gasteiger partial charge in [-0.1, -0.05) is 42.5 Å². The predicted molar refractivity (Wildman–Crippen MR) is 94.6 cm³/mol. The molecule has 0 aliphatic carbocycles. The quantitative estimate of drug-likeness (QED) is 0.935. The molecule has 2 atom stereocenters. The Morgan fingerprint density at radius 2 is 1.96 bits per heavy atom. The number of ether oxygens (including phenoxy) is 1. The van der Waals surface area contributed by atoms with E-state index in [1.165, 1.54) is 10.8 Å². The maximum Gasteiger partial charge on any atom is 0.251 e. The Labute approximate surface area is 143 Å². The van der Waals surface area contributed by atoms with Crippen molar-refractivity contribution in [1.29, 1.82) is 0 Å². The van der Waals surface area contributed by atoms with Crippen molar-refractivity contribution in [2.75, 3.05) is 13.6 Å². The van der Waals surface area contributed by atoms with Crippen molar-refractivity contribution in [3.05, 3.63) is 48.0 Å². The van der Waals surface area contributed by atoms with Crippen LogP contribution in [0.3, 0.4) is 0 Å². The molecule has 0 radical (unpaired) electrons. The molecule has 4 nitrogen and oxygen atoms in total. The van der Waals surface area contributed by atoms with E-state index in [-0.39, 0.29) is 30.5 Å². The minimum Gasteiger partial charge on any atom is -0.364 e. The largest absolute Gasteiger partial charge is 0.364 e. The second-order valence-corrected chi connectivity index (χ2v) is 5.89. The van der Waals surface area contributed by atoms with Gasteiger partial charge in [-0.05, 0) is 29.2 Å². The third-order valence-corrected chi connectivity index (χ3v) is 4.31. The molecule has 1 heterocycles. The van der Waals surface area contributed by atoms with Gasteiger partial charge in [-0.15, -0.1) is 12.4 Å². The number of likely N-dealkylation sites (N-methyl/N-ethyl adjacent to an activating group) is 1. The summed E-state index contributed by atoms with van der Waals surface area (Å²) in [7, 11) is 1.84. The Balaban J connectivity index is 0.00000192. The van der Waals surface area contributed by atoms with E-state index >= 15 is 0 Å². The van der Waals surface area contributed by atoms with Crippen molar-refractivity contribution in [1.82, 2.24) is 4.90 Å². The number of carbonyl (C=O) groups excluding carboxylic acids is 1. The van der Waals surface area contributed by atoms with Gasteiger partial charge in [-0.2, -0.15) is 0 Å². The zero-order valence-corrected chi connectivity index (χ0v) is 14.1. The van der Waals surface area contributed by atoms with Crippen molar-refractivity contribution in [3.8, 4) is 0 Å². The summed E-state index contributed by atoms with van der Waals surface area (Å²) >= 11 is 0. The predicted octanol–water partition coefficient (Wildman–Crippen LogP) is 2.73. The number of amides is 1. The molecule has 0 spiro atoms. The standard InChI is InChI=1S/C18H22N2O2.ClH/c1-20(18(21)17-10-9-15(11-19)22-17)12-14-7-4-6-13-5-2-3-8-16(13)14;/h2-8,15,17H,9-12,19H2,1H3;1H/t15-,17+;/m1./s1. The first kappa shape index (κ1) is 17.7. The molecule has 3 rings (SSSR count). The van der Waals surface area contributed by atoms with E-state index in [2.05, 4.69) is 24.3 Å². The monoisotopic (exact) mass is 334 g/mol. The maximum atomic E-state index is 12.5. The summed E-state index contributed by atoms with van der Waals surface area (Å²) in [6, 6.07) is 14.4. The van der Waals surface area contributed by atoms with Crippen LogP contribution in [0.1, 0.15) is 18.4 Å². The van der Waals surface area contributed by atoms with Crippen molar-refractivity contribution in [2.24, 2.45) is 5.73 Å². The van der Waals surface area contributed by atoms with Crippen molar-refractivity contribution >= 4 is 29.1 Å². The Morgan fingerprint density at radius 3 is 2.70 bits per heavy atom. The minimum absolute atomic E-state index is 0. The first-order valence-electron chi connectivity index (χ1n) is 7.76. The third-order valence-electron chi connectivity index (χ3n) is 4.31. The number of hydrogen-bond acceptors (Lipinski definition) is 3. The van der Waals surface area contributed by atoms with Crippen LogP contribution >= 0.6 is 12.4 Å². The summed E-state index contributed by atoms with van der Waals surface area (Å²) in [5.74, 6) is 0.0453. The topological polar surface area (TPSA) is 55.6 Å². The van der Waals surface area contributed by atoms with E-state index in [9.17, 15) is 4.79 Å². The van der Waals surface area contributed by atoms with Crippen molar-refractivity contribution in [3.63, 3.8) is 0 Å². The smallest absolute Gasteiger partial charge is 0.251 e. The lowest BCUT2D eigenvalue weighted by molar-refractivity contribution is -0.141. The van der Waals surface area contributed by atoms with Crippen LogP contribution in [0.25, 0.3) is 10.8 Å². The average Bonchev–Trinajstić information content (AvgIpc) is 3.03. The van der Waals surface area contributed by atoms with E-state index in [0.29, 0.717) is 13.1 Å². The van der Waals surface area contributed by atoms with Crippen molar-refractivity contribution < 1.29 is 9.53 Å². The lowest BCUT2D eigenvalue weighted by atomic mass is 10.0. The molecule has 0 unspecified atom stereocenters. The third kappa shape index (κ3) is 3.83. The molecule has 124 valence electrons. The second kappa shape index (κ2) is 7.77. The highest BCUT2D eigenvalue weighted by Crippen LogP contribution is 2.23. The Bertz CT molecular complexity index is 672. The van der Waals surface area contributed by atoms with E-state index in [4.69, 9.17) is 10.5 Å². The van der Waals surface area contributed by atoms with Crippen LogP contribution in [0.2, 0.25) is 0 Å². The molecule has 0 saturated carbocycles. The van der Waals surface area contributed by atoms with Crippen LogP contribution in [0.4, 0.5) is 0 Å². The molecular formula is C18H23ClN2O2. The molecule has 1 amide bonds. The second-order valence-electron chi connectivity index (χ2n) is 5.89. The van der Waals surface area contributed by atoms with Gasteiger partial charge in [0.1, 0.15) is 6.10 Å². The van der Waals surface area contributed by atoms with Crippen LogP contribution in [0.15, 0.2) is 42.5 Å². The molecule has 1 aliphatic heterocycles. The van der Waals surface area contributed by atoms with Gasteiger partial charge in [0.2, 0.25) is 0 Å². The van der Waals surface area contributed by atoms with Crippen LogP contribution in [0, 0.1) is 0 Å². The molecule has 5 heteroatoms. The number of nitrogens with two attached hydrogens (primary N) is 1. The molecule has 0 bridgehead atoms. The van der Waals surface area contributed by atoms with Crippen LogP contribution in [0.5, 0.6) is 0 Å². The van der Waals surface area contributed by atoms with Gasteiger partial charge in [0.15, 0.2) is 0 Å². The molecule has 1 aliphatic rings. The number of fused-ring (bicyclic) bond motifs is 1. The Morgan fingerprint density at radius 1 is 1.22 bits per heavy atom. The van der Waals surface area contributed by atoms with Gasteiger partial charge in [-0.3, -0.25) is 4.79 Å². The maximum absolute atomic E-state index is 12.5. The normalized spacial score (nSPS) is 20.3. The number of nitrogens with zero attached hydrogens (tertiary/aromatic N) is 1. The fourth-order valence-corrected chi connectivity index (χ4v) is 3.07. The SMILES string of the molecule is CN(Cc1cccc2ccccc12)C(=O)[C@@H]1CC[C@H](CN)O1.Cl. The van der Waals surface area contributed by atoms with Gasteiger partial charge in [0.05, 0.1) is 6.10 Å². The van der Waals surface area contributed by atoms with E-state index in [1.807, 2.05) is 25.2 Å². The van der Waals surface area contributed by atoms with Gasteiger partial charge in [0, 0.05) is 20.1 Å². The molecule has 1 fully saturated rings. The van der Waals surface area contributed by atoms with E-state index in [0.717, 1.165) is 18.4 Å². The van der Waals surface area contributed by atoms with E-state index in [1.54, 1.807) is 4.90 Å². The van der Waals surface area contributed by atoms with E-state index < -0.39 is 0 Å². The highest BCUT2D eigenvalue weighted by molar-refractivity contribution is 5.86. The number of carbonyl (C=O) groups is 1. The number of rotatable bonds is 4. The molecule has 1 saturated heterocycles. The first-order valence-corrected chi connectivity index (χ1v) is 7.76. The van der Waals surface area contributed by atoms with Crippen LogP contribution in [-0.4, -0.2) is 36.6 Å². The molecular weight excluding hydrogens is 312 g/mol. The molecule has 23 heavy (non-hydrogen) atoms. The Hall–Kier alpha value is -1.62. The summed E-state index contributed by atoms with van der Waals surface area (Å²) in [5.41, 5.74) is 6.76. The summed E-state index contributed by atoms with van der Waals surface area (Å²) in [5, 5.41) is 2.39. The van der Waals surface area contributed by atoms with Crippen LogP contribution < -0.4 is 5.73 Å². The van der Waals surface area contributed by atoms with Gasteiger partial charge < -0.3 is 15.4 Å². The van der Waals surface area contributed by atoms with Gasteiger partial charge in [-0.25, -0.2) is 0 Å². The fourth-order valence-electron chi connectivity index (χ4n) is 3.07. The fraction of sp³-hybridized carbons (Fsp3) is 0.389.